The van der Waals surface area contributed by atoms with Crippen LogP contribution in [-0.2, 0) is 11.3 Å². The summed E-state index contributed by atoms with van der Waals surface area (Å²) in [6.07, 6.45) is 1.47. The number of nitrogens with zero attached hydrogens (tertiary/aromatic N) is 1. The van der Waals surface area contributed by atoms with E-state index in [9.17, 15) is 4.79 Å². The van der Waals surface area contributed by atoms with Crippen molar-refractivity contribution in [1.29, 1.82) is 0 Å². The van der Waals surface area contributed by atoms with E-state index in [0.29, 0.717) is 5.56 Å². The highest BCUT2D eigenvalue weighted by molar-refractivity contribution is 6.29. The molecule has 5 heteroatoms. The summed E-state index contributed by atoms with van der Waals surface area (Å²) in [7, 11) is 1.64. The topological polar surface area (TPSA) is 48.4 Å². The Morgan fingerprint density at radius 3 is 2.65 bits per heavy atom. The molecule has 0 bridgehead atoms. The van der Waals surface area contributed by atoms with Crippen LogP contribution < -0.4 is 4.74 Å². The van der Waals surface area contributed by atoms with Crippen LogP contribution in [0.3, 0.4) is 0 Å². The number of carbonyl (C=O) groups excluding carboxylic acids is 1. The van der Waals surface area contributed by atoms with Gasteiger partial charge in [0.15, 0.2) is 0 Å². The number of benzene rings is 2. The molecule has 0 aliphatic carbocycles. The summed E-state index contributed by atoms with van der Waals surface area (Å²) in [5, 5.41) is 2.39. The summed E-state index contributed by atoms with van der Waals surface area (Å²) in [6, 6.07) is 14.8. The first kappa shape index (κ1) is 15.3. The van der Waals surface area contributed by atoms with Crippen molar-refractivity contribution in [1.82, 2.24) is 4.98 Å². The van der Waals surface area contributed by atoms with Gasteiger partial charge in [-0.1, -0.05) is 29.8 Å². The van der Waals surface area contributed by atoms with Gasteiger partial charge in [0.1, 0.15) is 17.5 Å². The molecule has 0 radical (unpaired) electrons. The second kappa shape index (κ2) is 6.67. The Bertz CT molecular complexity index is 864. The van der Waals surface area contributed by atoms with Crippen LogP contribution >= 0.6 is 11.6 Å². The summed E-state index contributed by atoms with van der Waals surface area (Å²) in [4.78, 5) is 15.8. The maximum atomic E-state index is 12.0. The van der Waals surface area contributed by atoms with Gasteiger partial charge in [0.2, 0.25) is 0 Å². The normalized spacial score (nSPS) is 10.5. The van der Waals surface area contributed by atoms with Crippen LogP contribution in [0, 0.1) is 0 Å². The molecule has 0 spiro atoms. The molecule has 1 heterocycles. The van der Waals surface area contributed by atoms with Gasteiger partial charge in [0.25, 0.3) is 0 Å². The lowest BCUT2D eigenvalue weighted by atomic mass is 10.1. The van der Waals surface area contributed by atoms with Crippen LogP contribution in [0.4, 0.5) is 0 Å². The fourth-order valence-electron chi connectivity index (χ4n) is 2.25. The molecule has 0 unspecified atom stereocenters. The lowest BCUT2D eigenvalue weighted by Gasteiger charge is -2.07. The zero-order valence-electron chi connectivity index (χ0n) is 12.5. The second-order valence-electron chi connectivity index (χ2n) is 4.99. The van der Waals surface area contributed by atoms with Crippen LogP contribution in [0.5, 0.6) is 5.75 Å². The lowest BCUT2D eigenvalue weighted by molar-refractivity contribution is 0.0472. The SMILES string of the molecule is COc1ccc2cc(COC(=O)c3ccnc(Cl)c3)ccc2c1. The fourth-order valence-corrected chi connectivity index (χ4v) is 2.43. The Kier molecular flexibility index (Phi) is 4.44. The smallest absolute Gasteiger partial charge is 0.338 e. The molecular formula is C18H14ClNO3. The minimum atomic E-state index is -0.427. The van der Waals surface area contributed by atoms with Gasteiger partial charge in [0.05, 0.1) is 12.7 Å². The molecule has 4 nitrogen and oxygen atoms in total. The number of esters is 1. The van der Waals surface area contributed by atoms with E-state index >= 15 is 0 Å². The molecule has 1 aromatic heterocycles. The maximum Gasteiger partial charge on any atom is 0.338 e. The summed E-state index contributed by atoms with van der Waals surface area (Å²) < 4.78 is 10.5. The van der Waals surface area contributed by atoms with Crippen molar-refractivity contribution in [3.63, 3.8) is 0 Å². The predicted octanol–water partition coefficient (Wildman–Crippen LogP) is 4.25. The van der Waals surface area contributed by atoms with Crippen molar-refractivity contribution in [3.8, 4) is 5.75 Å². The molecular weight excluding hydrogens is 314 g/mol. The number of methoxy groups -OCH3 is 1. The number of hydrogen-bond acceptors (Lipinski definition) is 4. The molecule has 0 saturated heterocycles. The molecule has 0 saturated carbocycles. The van der Waals surface area contributed by atoms with E-state index in [1.807, 2.05) is 36.4 Å². The Morgan fingerprint density at radius 2 is 1.87 bits per heavy atom. The van der Waals surface area contributed by atoms with Gasteiger partial charge in [-0.05, 0) is 46.7 Å². The zero-order valence-corrected chi connectivity index (χ0v) is 13.2. The quantitative estimate of drug-likeness (QED) is 0.531. The number of pyridine rings is 1. The van der Waals surface area contributed by atoms with Crippen LogP contribution in [-0.4, -0.2) is 18.1 Å². The first-order chi connectivity index (χ1) is 11.2. The van der Waals surface area contributed by atoms with E-state index in [-0.39, 0.29) is 11.8 Å². The third-order valence-electron chi connectivity index (χ3n) is 3.44. The Hall–Kier alpha value is -2.59. The molecule has 0 atom stereocenters. The largest absolute Gasteiger partial charge is 0.497 e. The molecule has 0 fully saturated rings. The third-order valence-corrected chi connectivity index (χ3v) is 3.65. The number of aromatic nitrogens is 1. The van der Waals surface area contributed by atoms with E-state index < -0.39 is 5.97 Å². The number of rotatable bonds is 4. The molecule has 0 aliphatic rings. The minimum Gasteiger partial charge on any atom is -0.497 e. The van der Waals surface area contributed by atoms with Crippen LogP contribution in [0.25, 0.3) is 10.8 Å². The van der Waals surface area contributed by atoms with E-state index in [2.05, 4.69) is 4.98 Å². The van der Waals surface area contributed by atoms with Crippen LogP contribution in [0.2, 0.25) is 5.15 Å². The van der Waals surface area contributed by atoms with Crippen molar-refractivity contribution >= 4 is 28.3 Å². The van der Waals surface area contributed by atoms with Gasteiger partial charge in [-0.25, -0.2) is 9.78 Å². The van der Waals surface area contributed by atoms with Crippen molar-refractivity contribution in [2.24, 2.45) is 0 Å². The fraction of sp³-hybridized carbons (Fsp3) is 0.111. The molecule has 116 valence electrons. The highest BCUT2D eigenvalue weighted by Crippen LogP contribution is 2.22. The standard InChI is InChI=1S/C18H14ClNO3/c1-22-16-5-4-13-8-12(2-3-14(13)9-16)11-23-18(21)15-6-7-20-17(19)10-15/h2-10H,11H2,1H3. The average molecular weight is 328 g/mol. The van der Waals surface area contributed by atoms with Crippen molar-refractivity contribution in [3.05, 3.63) is 71.0 Å². The van der Waals surface area contributed by atoms with Gasteiger partial charge in [0, 0.05) is 6.20 Å². The Morgan fingerprint density at radius 1 is 1.09 bits per heavy atom. The highest BCUT2D eigenvalue weighted by atomic mass is 35.5. The summed E-state index contributed by atoms with van der Waals surface area (Å²) in [5.74, 6) is 0.385. The Labute approximate surface area is 138 Å². The number of ether oxygens (including phenoxy) is 2. The number of hydrogen-bond donors (Lipinski definition) is 0. The predicted molar refractivity (Wildman–Crippen MR) is 88.9 cm³/mol. The van der Waals surface area contributed by atoms with Gasteiger partial charge in [-0.3, -0.25) is 0 Å². The van der Waals surface area contributed by atoms with Crippen molar-refractivity contribution < 1.29 is 14.3 Å². The summed E-state index contributed by atoms with van der Waals surface area (Å²) >= 11 is 5.77. The van der Waals surface area contributed by atoms with Gasteiger partial charge >= 0.3 is 5.97 Å². The van der Waals surface area contributed by atoms with Crippen LogP contribution in [0.1, 0.15) is 15.9 Å². The monoisotopic (exact) mass is 327 g/mol. The lowest BCUT2D eigenvalue weighted by Crippen LogP contribution is -2.05. The van der Waals surface area contributed by atoms with Crippen molar-refractivity contribution in [2.75, 3.05) is 7.11 Å². The number of fused-ring (bicyclic) bond motifs is 1. The molecule has 3 rings (SSSR count). The minimum absolute atomic E-state index is 0.195. The second-order valence-corrected chi connectivity index (χ2v) is 5.38. The summed E-state index contributed by atoms with van der Waals surface area (Å²) in [5.41, 5.74) is 1.30. The van der Waals surface area contributed by atoms with E-state index in [4.69, 9.17) is 21.1 Å². The highest BCUT2D eigenvalue weighted by Gasteiger charge is 2.08. The summed E-state index contributed by atoms with van der Waals surface area (Å²) in [6.45, 7) is 0.195. The zero-order chi connectivity index (χ0) is 16.2. The van der Waals surface area contributed by atoms with Gasteiger partial charge in [-0.15, -0.1) is 0 Å². The van der Waals surface area contributed by atoms with Crippen molar-refractivity contribution in [2.45, 2.75) is 6.61 Å². The molecule has 23 heavy (non-hydrogen) atoms. The van der Waals surface area contributed by atoms with Crippen LogP contribution in [0.15, 0.2) is 54.7 Å². The van der Waals surface area contributed by atoms with Gasteiger partial charge in [-0.2, -0.15) is 0 Å². The molecule has 0 aliphatic heterocycles. The van der Waals surface area contributed by atoms with E-state index in [1.54, 1.807) is 13.2 Å². The maximum absolute atomic E-state index is 12.0. The van der Waals surface area contributed by atoms with E-state index in [0.717, 1.165) is 22.1 Å². The number of halogens is 1. The Balaban J connectivity index is 1.73. The molecule has 2 aromatic carbocycles. The molecule has 0 N–H and O–H groups in total. The first-order valence-electron chi connectivity index (χ1n) is 7.01. The third kappa shape index (κ3) is 3.60. The number of carbonyl (C=O) groups is 1. The molecule has 0 amide bonds. The average Bonchev–Trinajstić information content (AvgIpc) is 2.59. The first-order valence-corrected chi connectivity index (χ1v) is 7.39. The van der Waals surface area contributed by atoms with Gasteiger partial charge < -0.3 is 9.47 Å². The van der Waals surface area contributed by atoms with E-state index in [1.165, 1.54) is 12.3 Å². The molecule has 3 aromatic rings.